The molecule has 1 aliphatic heterocycles. The van der Waals surface area contributed by atoms with Crippen molar-refractivity contribution in [1.29, 1.82) is 0 Å². The van der Waals surface area contributed by atoms with Gasteiger partial charge in [-0.05, 0) is 61.1 Å². The van der Waals surface area contributed by atoms with Crippen LogP contribution in [0.25, 0.3) is 0 Å². The zero-order chi connectivity index (χ0) is 20.1. The lowest BCUT2D eigenvalue weighted by molar-refractivity contribution is -0.0546. The van der Waals surface area contributed by atoms with E-state index >= 15 is 0 Å². The van der Waals surface area contributed by atoms with Gasteiger partial charge in [-0.2, -0.15) is 8.78 Å². The molecule has 28 heavy (non-hydrogen) atoms. The molecule has 6 heteroatoms. The van der Waals surface area contributed by atoms with Gasteiger partial charge in [0.1, 0.15) is 0 Å². The van der Waals surface area contributed by atoms with Crippen LogP contribution in [0.3, 0.4) is 0 Å². The smallest absolute Gasteiger partial charge is 0.387 e. The van der Waals surface area contributed by atoms with Crippen LogP contribution in [0.5, 0.6) is 5.75 Å². The zero-order valence-electron chi connectivity index (χ0n) is 16.7. The van der Waals surface area contributed by atoms with Gasteiger partial charge in [-0.25, -0.2) is 8.78 Å². The van der Waals surface area contributed by atoms with Gasteiger partial charge in [0.2, 0.25) is 0 Å². The van der Waals surface area contributed by atoms with Crippen LogP contribution in [0.15, 0.2) is 12.1 Å². The molecule has 0 aromatic heterocycles. The molecule has 1 aromatic carbocycles. The first-order valence-electron chi connectivity index (χ1n) is 10.9. The standard InChI is InChI=1S/C22H32F4OSi/c1-2-3-10-28-11-8-17(9-12-28)15-4-6-16(7-5-15)18-13-19(23)21(20(24)14-18)27-22(25)26/h13-17,22,28H,2-12H2,1H3/t15-,16-,17?,28?. The van der Waals surface area contributed by atoms with Crippen LogP contribution in [-0.4, -0.2) is 15.4 Å². The van der Waals surface area contributed by atoms with E-state index in [0.29, 0.717) is 5.56 Å². The molecule has 1 nitrogen and oxygen atoms in total. The number of benzene rings is 1. The predicted octanol–water partition coefficient (Wildman–Crippen LogP) is 7.28. The van der Waals surface area contributed by atoms with Crippen molar-refractivity contribution in [2.45, 2.75) is 89.0 Å². The Kier molecular flexibility index (Phi) is 7.83. The second-order valence-corrected chi connectivity index (χ2v) is 12.2. The Morgan fingerprint density at radius 2 is 1.54 bits per heavy atom. The Balaban J connectivity index is 1.52. The van der Waals surface area contributed by atoms with Gasteiger partial charge >= 0.3 is 6.61 Å². The second kappa shape index (κ2) is 10.1. The van der Waals surface area contributed by atoms with E-state index in [1.807, 2.05) is 0 Å². The van der Waals surface area contributed by atoms with Gasteiger partial charge in [0.15, 0.2) is 17.4 Å². The molecule has 1 heterocycles. The Labute approximate surface area is 167 Å². The van der Waals surface area contributed by atoms with Crippen LogP contribution in [0.1, 0.15) is 69.8 Å². The Hall–Kier alpha value is -1.04. The van der Waals surface area contributed by atoms with Crippen LogP contribution in [0.4, 0.5) is 17.6 Å². The van der Waals surface area contributed by atoms with Gasteiger partial charge in [0.25, 0.3) is 0 Å². The van der Waals surface area contributed by atoms with Crippen molar-refractivity contribution >= 4 is 8.80 Å². The number of hydrogen-bond acceptors (Lipinski definition) is 1. The summed E-state index contributed by atoms with van der Waals surface area (Å²) in [6.45, 7) is -0.958. The molecule has 0 N–H and O–H groups in total. The Morgan fingerprint density at radius 3 is 2.07 bits per heavy atom. The van der Waals surface area contributed by atoms with Crippen molar-refractivity contribution in [3.05, 3.63) is 29.3 Å². The highest BCUT2D eigenvalue weighted by atomic mass is 28.3. The minimum atomic E-state index is -3.23. The minimum absolute atomic E-state index is 0.108. The van der Waals surface area contributed by atoms with E-state index in [9.17, 15) is 17.6 Å². The van der Waals surface area contributed by atoms with Crippen LogP contribution < -0.4 is 4.74 Å². The van der Waals surface area contributed by atoms with Crippen molar-refractivity contribution in [2.24, 2.45) is 11.8 Å². The molecular formula is C22H32F4OSi. The summed E-state index contributed by atoms with van der Waals surface area (Å²) in [5, 5.41) is 0. The number of unbranched alkanes of at least 4 members (excludes halogenated alkanes) is 1. The van der Waals surface area contributed by atoms with E-state index in [4.69, 9.17) is 0 Å². The molecule has 3 rings (SSSR count). The lowest BCUT2D eigenvalue weighted by atomic mass is 9.72. The third-order valence-corrected chi connectivity index (χ3v) is 10.5. The van der Waals surface area contributed by atoms with Crippen molar-refractivity contribution in [3.63, 3.8) is 0 Å². The first kappa shape index (κ1) is 21.7. The third-order valence-electron chi connectivity index (χ3n) is 6.99. The van der Waals surface area contributed by atoms with E-state index in [-0.39, 0.29) is 5.92 Å². The fourth-order valence-corrected chi connectivity index (χ4v) is 9.03. The summed E-state index contributed by atoms with van der Waals surface area (Å²) in [5.74, 6) is -1.36. The van der Waals surface area contributed by atoms with Gasteiger partial charge in [-0.15, -0.1) is 0 Å². The average molecular weight is 417 g/mol. The molecule has 0 spiro atoms. The maximum absolute atomic E-state index is 14.0. The SMILES string of the molecule is CCCC[SiH]1CCC([C@H]2CC[C@H](c3cc(F)c(OC(F)F)c(F)c3)CC2)CC1. The topological polar surface area (TPSA) is 9.23 Å². The van der Waals surface area contributed by atoms with E-state index < -0.39 is 32.8 Å². The van der Waals surface area contributed by atoms with Gasteiger partial charge in [0, 0.05) is 8.80 Å². The quantitative estimate of drug-likeness (QED) is 0.335. The number of hydrogen-bond donors (Lipinski definition) is 0. The molecule has 0 atom stereocenters. The fourth-order valence-electron chi connectivity index (χ4n) is 5.38. The number of alkyl halides is 2. The normalized spacial score (nSPS) is 28.5. The molecule has 1 saturated carbocycles. The van der Waals surface area contributed by atoms with Crippen LogP contribution in [-0.2, 0) is 0 Å². The second-order valence-electron chi connectivity index (χ2n) is 8.73. The van der Waals surface area contributed by atoms with Gasteiger partial charge in [-0.3, -0.25) is 0 Å². The fraction of sp³-hybridized carbons (Fsp3) is 0.727. The lowest BCUT2D eigenvalue weighted by Crippen LogP contribution is -2.28. The first-order chi connectivity index (χ1) is 13.5. The van der Waals surface area contributed by atoms with Crippen molar-refractivity contribution in [2.75, 3.05) is 0 Å². The molecule has 1 aliphatic carbocycles. The summed E-state index contributed by atoms with van der Waals surface area (Å²) in [7, 11) is -0.474. The van der Waals surface area contributed by atoms with Crippen LogP contribution in [0.2, 0.25) is 18.1 Å². The summed E-state index contributed by atoms with van der Waals surface area (Å²) in [4.78, 5) is 0. The zero-order valence-corrected chi connectivity index (χ0v) is 17.9. The summed E-state index contributed by atoms with van der Waals surface area (Å²) in [6.07, 6.45) is 9.55. The molecule has 1 aromatic rings. The van der Waals surface area contributed by atoms with E-state index in [1.165, 1.54) is 55.9 Å². The van der Waals surface area contributed by atoms with E-state index in [0.717, 1.165) is 37.5 Å². The summed E-state index contributed by atoms with van der Waals surface area (Å²) < 4.78 is 56.6. The van der Waals surface area contributed by atoms with E-state index in [2.05, 4.69) is 11.7 Å². The highest BCUT2D eigenvalue weighted by molar-refractivity contribution is 6.58. The van der Waals surface area contributed by atoms with Gasteiger partial charge in [-0.1, -0.05) is 50.7 Å². The molecule has 2 fully saturated rings. The van der Waals surface area contributed by atoms with Gasteiger partial charge in [0.05, 0.1) is 0 Å². The van der Waals surface area contributed by atoms with Crippen LogP contribution in [0, 0.1) is 23.5 Å². The maximum atomic E-state index is 14.0. The highest BCUT2D eigenvalue weighted by Crippen LogP contribution is 2.44. The average Bonchev–Trinajstić information content (AvgIpc) is 2.69. The third kappa shape index (κ3) is 5.52. The summed E-state index contributed by atoms with van der Waals surface area (Å²) in [5.41, 5.74) is 0.575. The summed E-state index contributed by atoms with van der Waals surface area (Å²) >= 11 is 0. The molecule has 1 saturated heterocycles. The summed E-state index contributed by atoms with van der Waals surface area (Å²) in [6, 6.07) is 6.85. The van der Waals surface area contributed by atoms with Crippen LogP contribution >= 0.6 is 0 Å². The van der Waals surface area contributed by atoms with Crippen molar-refractivity contribution in [1.82, 2.24) is 0 Å². The van der Waals surface area contributed by atoms with Crippen molar-refractivity contribution in [3.8, 4) is 5.75 Å². The van der Waals surface area contributed by atoms with E-state index in [1.54, 1.807) is 0 Å². The van der Waals surface area contributed by atoms with Crippen molar-refractivity contribution < 1.29 is 22.3 Å². The molecule has 0 unspecified atom stereocenters. The Bertz CT molecular complexity index is 600. The monoisotopic (exact) mass is 416 g/mol. The molecular weight excluding hydrogens is 384 g/mol. The number of ether oxygens (including phenoxy) is 1. The Morgan fingerprint density at radius 1 is 0.964 bits per heavy atom. The molecule has 0 amide bonds. The highest BCUT2D eigenvalue weighted by Gasteiger charge is 2.32. The number of halogens is 4. The largest absolute Gasteiger partial charge is 0.429 e. The molecule has 2 aliphatic rings. The molecule has 0 bridgehead atoms. The lowest BCUT2D eigenvalue weighted by Gasteiger charge is -2.37. The first-order valence-corrected chi connectivity index (χ1v) is 13.4. The molecule has 158 valence electrons. The minimum Gasteiger partial charge on any atom is -0.429 e. The molecule has 0 radical (unpaired) electrons. The van der Waals surface area contributed by atoms with Gasteiger partial charge < -0.3 is 4.74 Å². The number of rotatable bonds is 7. The predicted molar refractivity (Wildman–Crippen MR) is 107 cm³/mol. The maximum Gasteiger partial charge on any atom is 0.387 e.